The molecule has 0 bridgehead atoms. The van der Waals surface area contributed by atoms with Crippen molar-refractivity contribution >= 4 is 43.9 Å². The molecule has 0 saturated heterocycles. The first-order chi connectivity index (χ1) is 21.1. The molecule has 3 heteroatoms. The third kappa shape index (κ3) is 6.24. The van der Waals surface area contributed by atoms with Gasteiger partial charge in [-0.2, -0.15) is 9.79 Å². The van der Waals surface area contributed by atoms with Gasteiger partial charge >= 0.3 is 0 Å². The molecule has 6 aromatic rings. The van der Waals surface area contributed by atoms with E-state index in [9.17, 15) is 0 Å². The Morgan fingerprint density at radius 2 is 0.756 bits per heavy atom. The highest BCUT2D eigenvalue weighted by Crippen LogP contribution is 2.38. The third-order valence-corrected chi connectivity index (χ3v) is 7.13. The molecule has 0 spiro atoms. The highest BCUT2D eigenvalue weighted by Gasteiger charge is 2.14. The second-order valence-corrected chi connectivity index (χ2v) is 10.1. The average molecular weight is 554 g/mol. The summed E-state index contributed by atoms with van der Waals surface area (Å²) in [5.74, 6) is 0. The van der Waals surface area contributed by atoms with E-state index in [0.717, 1.165) is 34.1 Å². The predicted molar refractivity (Wildman–Crippen MR) is 182 cm³/mol. The lowest BCUT2D eigenvalue weighted by Gasteiger charge is -2.26. The molecule has 1 atom stereocenters. The first kappa shape index (κ1) is 25.3. The lowest BCUT2D eigenvalue weighted by Crippen LogP contribution is -2.10. The van der Waals surface area contributed by atoms with E-state index in [4.69, 9.17) is 2.56 Å². The van der Waals surface area contributed by atoms with Crippen LogP contribution in [0.4, 0.5) is 34.1 Å². The van der Waals surface area contributed by atoms with Gasteiger partial charge in [-0.25, -0.2) is 0 Å². The van der Waals surface area contributed by atoms with Crippen molar-refractivity contribution in [1.29, 1.82) is 2.56 Å². The van der Waals surface area contributed by atoms with Gasteiger partial charge in [0.25, 0.3) is 0 Å². The second kappa shape index (κ2) is 12.7. The Morgan fingerprint density at radius 3 is 1.10 bits per heavy atom. The number of aryl methyl sites for hydroxylation is 2. The molecule has 0 aliphatic heterocycles. The Labute approximate surface area is 249 Å². The van der Waals surface area contributed by atoms with Gasteiger partial charge in [-0.3, -0.25) is 0 Å². The highest BCUT2D eigenvalue weighted by atomic mass is 31.0. The number of rotatable bonds is 7. The molecule has 0 radical (unpaired) electrons. The summed E-state index contributed by atoms with van der Waals surface area (Å²) in [5, 5.41) is 0. The van der Waals surface area contributed by atoms with Crippen molar-refractivity contribution < 1.29 is 0 Å². The van der Waals surface area contributed by atoms with Gasteiger partial charge in [0.05, 0.1) is 2.56 Å². The fourth-order valence-electron chi connectivity index (χ4n) is 5.19. The summed E-state index contributed by atoms with van der Waals surface area (Å²) in [5.41, 5.74) is 11.7. The summed E-state index contributed by atoms with van der Waals surface area (Å²) in [7, 11) is -0.417. The van der Waals surface area contributed by atoms with Gasteiger partial charge in [-0.15, -0.1) is 0 Å². The summed E-state index contributed by atoms with van der Waals surface area (Å²) >= 11 is 0. The molecule has 202 valence electrons. The Balaban J connectivity index is 0.00000118. The van der Waals surface area contributed by atoms with E-state index in [1.807, 2.05) is 0 Å². The second-order valence-electron chi connectivity index (χ2n) is 10.1. The Morgan fingerprint density at radius 1 is 0.439 bits per heavy atom. The van der Waals surface area contributed by atoms with Crippen LogP contribution >= 0.6 is 9.79 Å². The minimum atomic E-state index is -0.417. The maximum Gasteiger partial charge on any atom is 0.0511 e. The molecular weight excluding hydrogens is 515 g/mol. The predicted octanol–water partition coefficient (Wildman–Crippen LogP) is 11.0. The summed E-state index contributed by atoms with van der Waals surface area (Å²) in [6.45, 7) is 4.27. The number of benzene rings is 6. The molecule has 0 saturated carbocycles. The maximum atomic E-state index is 5.90. The van der Waals surface area contributed by atoms with E-state index in [2.05, 4.69) is 181 Å². The maximum absolute atomic E-state index is 5.90. The Bertz CT molecular complexity index is 1590. The van der Waals surface area contributed by atoms with Gasteiger partial charge < -0.3 is 9.80 Å². The topological polar surface area (TPSA) is 6.48 Å². The van der Waals surface area contributed by atoms with Gasteiger partial charge in [-0.05, 0) is 109 Å². The van der Waals surface area contributed by atoms with E-state index >= 15 is 0 Å². The molecule has 0 amide bonds. The molecular formula is C38H35N2P. The van der Waals surface area contributed by atoms with E-state index in [1.165, 1.54) is 22.3 Å². The lowest BCUT2D eigenvalue weighted by molar-refractivity contribution is 1.27. The van der Waals surface area contributed by atoms with Crippen LogP contribution in [0, 0.1) is 13.8 Å². The number of hydrogen-bond acceptors (Lipinski definition) is 2. The summed E-state index contributed by atoms with van der Waals surface area (Å²) < 4.78 is 11.8. The van der Waals surface area contributed by atoms with Crippen molar-refractivity contribution in [3.63, 3.8) is 0 Å². The molecule has 6 rings (SSSR count). The van der Waals surface area contributed by atoms with Gasteiger partial charge in [-0.1, -0.05) is 84.9 Å². The largest absolute Gasteiger partial charge is 0.310 e. The molecule has 0 aromatic heterocycles. The molecule has 0 aliphatic carbocycles. The van der Waals surface area contributed by atoms with Crippen molar-refractivity contribution in [2.24, 2.45) is 0 Å². The van der Waals surface area contributed by atoms with Crippen molar-refractivity contribution in [2.45, 2.75) is 13.8 Å². The van der Waals surface area contributed by atoms with Crippen LogP contribution in [-0.4, -0.2) is 2.56 Å². The van der Waals surface area contributed by atoms with Crippen LogP contribution in [0.3, 0.4) is 0 Å². The van der Waals surface area contributed by atoms with Crippen LogP contribution in [0.25, 0.3) is 11.1 Å². The van der Waals surface area contributed by atoms with E-state index in [1.54, 1.807) is 0 Å². The van der Waals surface area contributed by atoms with Crippen molar-refractivity contribution in [1.82, 2.24) is 0 Å². The van der Waals surface area contributed by atoms with Gasteiger partial charge in [0.15, 0.2) is 0 Å². The number of nitrogens with zero attached hydrogens (tertiary/aromatic N) is 2. The highest BCUT2D eigenvalue weighted by molar-refractivity contribution is 6.92. The van der Waals surface area contributed by atoms with Crippen LogP contribution in [0.1, 0.15) is 11.1 Å². The Hall–Kier alpha value is -4.65. The van der Waals surface area contributed by atoms with Crippen LogP contribution < -0.4 is 9.80 Å². The standard InChI is InChI=1S/C38H32N2.H3P/c1-29-11-9-17-37(27-29)39(33-13-5-3-6-14-33)35-23-19-31(20-24-35)32-21-25-36(26-22-32)40(34-15-7-4-8-16-34)38-18-10-12-30(2)28-38;/h3-28H,1-2H3;1H3/i;1TD. The average Bonchev–Trinajstić information content (AvgIpc) is 3.04. The summed E-state index contributed by atoms with van der Waals surface area (Å²) in [6.07, 6.45) is 0. The van der Waals surface area contributed by atoms with Crippen LogP contribution in [0.2, 0.25) is 0 Å². The van der Waals surface area contributed by atoms with Gasteiger partial charge in [0.2, 0.25) is 0 Å². The molecule has 0 heterocycles. The molecule has 0 N–H and O–H groups in total. The zero-order chi connectivity index (χ0) is 30.0. The summed E-state index contributed by atoms with van der Waals surface area (Å²) in [4.78, 5) is 4.61. The van der Waals surface area contributed by atoms with Gasteiger partial charge in [0.1, 0.15) is 0 Å². The zero-order valence-electron chi connectivity index (χ0n) is 25.4. The zero-order valence-corrected chi connectivity index (χ0v) is 24.4. The van der Waals surface area contributed by atoms with Crippen molar-refractivity contribution in [2.75, 3.05) is 9.80 Å². The first-order valence-corrected chi connectivity index (χ1v) is 13.7. The normalized spacial score (nSPS) is 11.3. The molecule has 41 heavy (non-hydrogen) atoms. The third-order valence-electron chi connectivity index (χ3n) is 7.13. The van der Waals surface area contributed by atoms with E-state index in [-0.39, 0.29) is 0 Å². The number of anilines is 6. The van der Waals surface area contributed by atoms with Crippen molar-refractivity contribution in [3.05, 3.63) is 169 Å². The molecule has 0 fully saturated rings. The van der Waals surface area contributed by atoms with Gasteiger partial charge in [0, 0.05) is 34.1 Å². The molecule has 0 aliphatic rings. The SMILES string of the molecule is Cc1cccc(N(c2ccccc2)c2ccc(-c3ccc(N(c4ccccc4)c4cccc(C)c4)cc3)cc2)c1.[2H]P[3H]. The molecule has 2 nitrogen and oxygen atoms in total. The van der Waals surface area contributed by atoms with Crippen molar-refractivity contribution in [3.8, 4) is 11.1 Å². The first-order valence-electron chi connectivity index (χ1n) is 14.7. The summed E-state index contributed by atoms with van der Waals surface area (Å²) in [6, 6.07) is 56.1. The quantitative estimate of drug-likeness (QED) is 0.181. The molecule has 1 unspecified atom stereocenters. The monoisotopic (exact) mass is 553 g/mol. The minimum absolute atomic E-state index is 0.417. The van der Waals surface area contributed by atoms with Crippen LogP contribution in [0.5, 0.6) is 0 Å². The van der Waals surface area contributed by atoms with E-state index in [0.29, 0.717) is 0 Å². The fourth-order valence-corrected chi connectivity index (χ4v) is 5.19. The minimum Gasteiger partial charge on any atom is -0.310 e. The fraction of sp³-hybridized carbons (Fsp3) is 0.0526. The smallest absolute Gasteiger partial charge is 0.0511 e. The number of para-hydroxylation sites is 2. The van der Waals surface area contributed by atoms with Crippen LogP contribution in [0.15, 0.2) is 158 Å². The van der Waals surface area contributed by atoms with E-state index < -0.39 is 9.79 Å². The lowest BCUT2D eigenvalue weighted by atomic mass is 10.0. The molecule has 6 aromatic carbocycles. The number of hydrogen-bond donors (Lipinski definition) is 0. The van der Waals surface area contributed by atoms with Crippen LogP contribution in [-0.2, 0) is 0 Å². The Kier molecular flexibility index (Phi) is 7.83.